The number of hydrogen-bond acceptors (Lipinski definition) is 7. The third kappa shape index (κ3) is 8.22. The molecule has 0 radical (unpaired) electrons. The summed E-state index contributed by atoms with van der Waals surface area (Å²) in [5, 5.41) is 13.4. The second-order valence-corrected chi connectivity index (χ2v) is 15.4. The first-order valence-electron chi connectivity index (χ1n) is 16.7. The first-order valence-corrected chi connectivity index (χ1v) is 18.6. The lowest BCUT2D eigenvalue weighted by Gasteiger charge is -2.42. The molecular weight excluding hydrogens is 650 g/mol. The lowest BCUT2D eigenvalue weighted by molar-refractivity contribution is -0.116. The number of aliphatic hydroxyl groups excluding tert-OH is 1. The molecule has 1 aliphatic carbocycles. The molecule has 3 aliphatic rings. The zero-order valence-corrected chi connectivity index (χ0v) is 28.4. The molecule has 1 unspecified atom stereocenters. The summed E-state index contributed by atoms with van der Waals surface area (Å²) >= 11 is 6.32. The number of fused-ring (bicyclic) bond motifs is 3. The first-order chi connectivity index (χ1) is 23.2. The summed E-state index contributed by atoms with van der Waals surface area (Å²) in [4.78, 5) is 28.8. The molecule has 11 heteroatoms. The molecule has 2 aliphatic heterocycles. The van der Waals surface area contributed by atoms with E-state index in [0.717, 1.165) is 43.2 Å². The van der Waals surface area contributed by atoms with Crippen molar-refractivity contribution in [3.05, 3.63) is 101 Å². The molecule has 2 amide bonds. The number of hydrogen-bond donors (Lipinski definition) is 3. The number of carbonyl (C=O) groups is 2. The quantitative estimate of drug-likeness (QED) is 0.277. The first kappa shape index (κ1) is 34.0. The van der Waals surface area contributed by atoms with Gasteiger partial charge in [0.25, 0.3) is 5.91 Å². The van der Waals surface area contributed by atoms with E-state index in [1.807, 2.05) is 24.3 Å². The van der Waals surface area contributed by atoms with Crippen LogP contribution in [-0.2, 0) is 27.8 Å². The minimum absolute atomic E-state index is 0.0609. The maximum atomic E-state index is 13.7. The highest BCUT2D eigenvalue weighted by Crippen LogP contribution is 2.41. The van der Waals surface area contributed by atoms with Gasteiger partial charge in [-0.25, -0.2) is 13.1 Å². The number of anilines is 2. The number of rotatable bonds is 3. The van der Waals surface area contributed by atoms with E-state index in [9.17, 15) is 23.1 Å². The van der Waals surface area contributed by atoms with Gasteiger partial charge in [-0.05, 0) is 110 Å². The van der Waals surface area contributed by atoms with Gasteiger partial charge in [-0.3, -0.25) is 9.59 Å². The molecule has 2 bridgehead atoms. The van der Waals surface area contributed by atoms with Gasteiger partial charge in [0.05, 0.1) is 17.0 Å². The highest BCUT2D eigenvalue weighted by Gasteiger charge is 2.37. The molecule has 9 nitrogen and oxygen atoms in total. The van der Waals surface area contributed by atoms with Crippen molar-refractivity contribution >= 4 is 44.8 Å². The maximum Gasteiger partial charge on any atom is 0.264 e. The van der Waals surface area contributed by atoms with Crippen molar-refractivity contribution in [1.29, 1.82) is 0 Å². The van der Waals surface area contributed by atoms with Crippen molar-refractivity contribution < 1.29 is 27.9 Å². The zero-order chi connectivity index (χ0) is 33.7. The van der Waals surface area contributed by atoms with E-state index >= 15 is 0 Å². The molecule has 0 aromatic heterocycles. The van der Waals surface area contributed by atoms with E-state index in [2.05, 4.69) is 14.9 Å². The van der Waals surface area contributed by atoms with Gasteiger partial charge < -0.3 is 20.1 Å². The normalized spacial score (nSPS) is 25.0. The summed E-state index contributed by atoms with van der Waals surface area (Å²) in [5.41, 5.74) is 3.62. The number of carbonyl (C=O) groups excluding carboxylic acids is 2. The lowest BCUT2D eigenvalue weighted by Crippen LogP contribution is -2.43. The maximum absolute atomic E-state index is 13.7. The van der Waals surface area contributed by atoms with E-state index in [0.29, 0.717) is 48.3 Å². The highest BCUT2D eigenvalue weighted by atomic mass is 35.5. The number of ether oxygens (including phenoxy) is 1. The van der Waals surface area contributed by atoms with Gasteiger partial charge in [-0.1, -0.05) is 48.0 Å². The molecule has 48 heavy (non-hydrogen) atoms. The zero-order valence-electron chi connectivity index (χ0n) is 26.8. The van der Waals surface area contributed by atoms with Crippen LogP contribution >= 0.6 is 11.6 Å². The van der Waals surface area contributed by atoms with E-state index in [-0.39, 0.29) is 30.2 Å². The van der Waals surface area contributed by atoms with E-state index < -0.39 is 33.2 Å². The monoisotopic (exact) mass is 691 g/mol. The minimum Gasteiger partial charge on any atom is -0.487 e. The van der Waals surface area contributed by atoms with E-state index in [1.54, 1.807) is 54.6 Å². The summed E-state index contributed by atoms with van der Waals surface area (Å²) in [6, 6.07) is 19.6. The molecule has 6 rings (SSSR count). The van der Waals surface area contributed by atoms with Crippen molar-refractivity contribution in [2.45, 2.75) is 69.3 Å². The largest absolute Gasteiger partial charge is 0.487 e. The van der Waals surface area contributed by atoms with Crippen LogP contribution < -0.4 is 19.7 Å². The van der Waals surface area contributed by atoms with E-state index in [1.165, 1.54) is 0 Å². The average Bonchev–Trinajstić information content (AvgIpc) is 3.07. The summed E-state index contributed by atoms with van der Waals surface area (Å²) in [5.74, 6) is -0.352. The Bertz CT molecular complexity index is 1770. The number of para-hydroxylation sites is 1. The van der Waals surface area contributed by atoms with Gasteiger partial charge in [0.2, 0.25) is 15.9 Å². The second-order valence-electron chi connectivity index (χ2n) is 13.0. The summed E-state index contributed by atoms with van der Waals surface area (Å²) in [6.07, 6.45) is 7.48. The fourth-order valence-corrected chi connectivity index (χ4v) is 8.43. The topological polar surface area (TPSA) is 125 Å². The van der Waals surface area contributed by atoms with Gasteiger partial charge in [-0.2, -0.15) is 0 Å². The summed E-state index contributed by atoms with van der Waals surface area (Å²) < 4.78 is 36.0. The van der Waals surface area contributed by atoms with Crippen LogP contribution in [0.3, 0.4) is 0 Å². The lowest BCUT2D eigenvalue weighted by atomic mass is 9.70. The number of amides is 2. The van der Waals surface area contributed by atoms with Gasteiger partial charge in [0.1, 0.15) is 12.4 Å². The van der Waals surface area contributed by atoms with Gasteiger partial charge in [0, 0.05) is 35.8 Å². The Morgan fingerprint density at radius 2 is 1.85 bits per heavy atom. The van der Waals surface area contributed by atoms with Crippen molar-refractivity contribution in [2.75, 3.05) is 23.3 Å². The second kappa shape index (κ2) is 15.1. The van der Waals surface area contributed by atoms with Crippen LogP contribution in [0.2, 0.25) is 5.02 Å². The molecule has 3 aromatic rings. The van der Waals surface area contributed by atoms with Crippen LogP contribution in [-0.4, -0.2) is 49.8 Å². The Hall–Kier alpha value is -3.86. The van der Waals surface area contributed by atoms with Crippen molar-refractivity contribution in [1.82, 2.24) is 4.72 Å². The van der Waals surface area contributed by atoms with Gasteiger partial charge >= 0.3 is 0 Å². The standard InChI is InChI=1S/C37H42ClN3O6S/c38-29-16-13-28-24-47-35-18-15-26-21-33(35)41(19-7-6-8-25(28)20-29)23-27-14-17-32(27)34(42)12-5-4-11-31(48(45,46)40-37(26)44)22-36(43)39-30-9-2-1-3-10-30/h1-3,5,9-10,12-13,15-16,18,20-21,27,31-32,34,42H,4,6-8,11,14,17,19,22-24H2,(H,39,43)(H,40,44)/b12-5+/t27-,31?,32+,34-/m0/s1. The Morgan fingerprint density at radius 3 is 2.65 bits per heavy atom. The molecule has 3 aromatic carbocycles. The number of aryl methyl sites for hydroxylation is 1. The Balaban J connectivity index is 1.32. The van der Waals surface area contributed by atoms with Gasteiger partial charge in [-0.15, -0.1) is 0 Å². The van der Waals surface area contributed by atoms with E-state index in [4.69, 9.17) is 16.3 Å². The Labute approximate surface area is 287 Å². The van der Waals surface area contributed by atoms with Crippen LogP contribution in [0.25, 0.3) is 0 Å². The predicted octanol–water partition coefficient (Wildman–Crippen LogP) is 6.26. The molecule has 254 valence electrons. The number of nitrogens with zero attached hydrogens (tertiary/aromatic N) is 1. The number of allylic oxidation sites excluding steroid dienone is 1. The van der Waals surface area contributed by atoms with Crippen LogP contribution in [0.1, 0.15) is 66.4 Å². The fraction of sp³-hybridized carbons (Fsp3) is 0.405. The summed E-state index contributed by atoms with van der Waals surface area (Å²) in [7, 11) is -4.27. The van der Waals surface area contributed by atoms with Crippen LogP contribution in [0.15, 0.2) is 78.9 Å². The molecule has 0 spiro atoms. The minimum atomic E-state index is -4.27. The highest BCUT2D eigenvalue weighted by molar-refractivity contribution is 7.90. The predicted molar refractivity (Wildman–Crippen MR) is 188 cm³/mol. The molecule has 3 N–H and O–H groups in total. The van der Waals surface area contributed by atoms with Crippen molar-refractivity contribution in [3.63, 3.8) is 0 Å². The number of sulfonamides is 1. The third-order valence-corrected chi connectivity index (χ3v) is 11.7. The van der Waals surface area contributed by atoms with Crippen LogP contribution in [0.4, 0.5) is 11.4 Å². The van der Waals surface area contributed by atoms with Crippen molar-refractivity contribution in [2.24, 2.45) is 11.8 Å². The molecule has 1 fully saturated rings. The van der Waals surface area contributed by atoms with Crippen LogP contribution in [0, 0.1) is 11.8 Å². The number of nitrogens with one attached hydrogen (secondary N) is 2. The molecular formula is C37H42ClN3O6S. The number of halogens is 1. The molecule has 0 saturated heterocycles. The third-order valence-electron chi connectivity index (χ3n) is 9.74. The van der Waals surface area contributed by atoms with Crippen molar-refractivity contribution in [3.8, 4) is 5.75 Å². The number of aliphatic hydroxyl groups is 1. The van der Waals surface area contributed by atoms with Gasteiger partial charge in [0.15, 0.2) is 0 Å². The smallest absolute Gasteiger partial charge is 0.264 e. The Morgan fingerprint density at radius 1 is 1.02 bits per heavy atom. The molecule has 4 atom stereocenters. The Kier molecular flexibility index (Phi) is 10.7. The van der Waals surface area contributed by atoms with Crippen LogP contribution in [0.5, 0.6) is 5.75 Å². The fourth-order valence-electron chi connectivity index (χ4n) is 6.87. The summed E-state index contributed by atoms with van der Waals surface area (Å²) in [6.45, 7) is 1.69. The average molecular weight is 692 g/mol. The molecule has 2 heterocycles. The SMILES string of the molecule is O=C(CC1CC/C=C/[C@H](O)[C@@H]2CC[C@H]2CN2CCCCc3cc(Cl)ccc3COc3ccc(cc32)C(=O)NS1(=O)=O)Nc1ccccc1. The molecule has 1 saturated carbocycles. The number of benzene rings is 3.